The highest BCUT2D eigenvalue weighted by atomic mass is 16.2. The summed E-state index contributed by atoms with van der Waals surface area (Å²) in [4.78, 5) is 12.1. The van der Waals surface area contributed by atoms with Crippen molar-refractivity contribution >= 4 is 12.1 Å². The van der Waals surface area contributed by atoms with Crippen LogP contribution in [0.3, 0.4) is 0 Å². The van der Waals surface area contributed by atoms with E-state index >= 15 is 0 Å². The van der Waals surface area contributed by atoms with Crippen LogP contribution in [0.2, 0.25) is 0 Å². The Labute approximate surface area is 156 Å². The van der Waals surface area contributed by atoms with Gasteiger partial charge in [0.25, 0.3) is 5.91 Å². The number of nitrogens with zero attached hydrogens (tertiary/aromatic N) is 1. The quantitative estimate of drug-likeness (QED) is 0.386. The van der Waals surface area contributed by atoms with Crippen LogP contribution in [0.1, 0.15) is 44.0 Å². The second-order valence-corrected chi connectivity index (χ2v) is 6.50. The van der Waals surface area contributed by atoms with Crippen molar-refractivity contribution in [3.05, 3.63) is 83.5 Å². The molecule has 3 nitrogen and oxygen atoms in total. The molecule has 0 unspecified atom stereocenters. The maximum Gasteiger partial charge on any atom is 0.271 e. The Hall–Kier alpha value is -2.94. The molecule has 1 amide bonds. The summed E-state index contributed by atoms with van der Waals surface area (Å²) < 4.78 is 0. The van der Waals surface area contributed by atoms with Crippen molar-refractivity contribution in [2.24, 2.45) is 5.10 Å². The number of hydrogen-bond donors (Lipinski definition) is 1. The molecule has 0 radical (unpaired) electrons. The van der Waals surface area contributed by atoms with E-state index in [2.05, 4.69) is 37.4 Å². The molecule has 2 aromatic carbocycles. The van der Waals surface area contributed by atoms with Gasteiger partial charge in [-0.15, -0.1) is 0 Å². The highest BCUT2D eigenvalue weighted by molar-refractivity contribution is 5.95. The summed E-state index contributed by atoms with van der Waals surface area (Å²) >= 11 is 0. The van der Waals surface area contributed by atoms with E-state index in [1.165, 1.54) is 11.1 Å². The van der Waals surface area contributed by atoms with E-state index in [-0.39, 0.29) is 5.91 Å². The van der Waals surface area contributed by atoms with Crippen LogP contribution in [0.4, 0.5) is 0 Å². The summed E-state index contributed by atoms with van der Waals surface area (Å²) in [6, 6.07) is 17.6. The maximum absolute atomic E-state index is 12.1. The molecule has 0 atom stereocenters. The number of allylic oxidation sites excluding steroid dienone is 4. The normalized spacial score (nSPS) is 11.4. The molecule has 0 saturated carbocycles. The van der Waals surface area contributed by atoms with Crippen molar-refractivity contribution in [2.75, 3.05) is 0 Å². The second-order valence-electron chi connectivity index (χ2n) is 6.50. The van der Waals surface area contributed by atoms with Gasteiger partial charge in [0.05, 0.1) is 0 Å². The molecular weight excluding hydrogens is 320 g/mol. The second kappa shape index (κ2) is 10.1. The van der Waals surface area contributed by atoms with Crippen molar-refractivity contribution in [1.82, 2.24) is 5.43 Å². The highest BCUT2D eigenvalue weighted by Gasteiger charge is 2.04. The Kier molecular flexibility index (Phi) is 7.56. The number of carbonyl (C=O) groups is 1. The Balaban J connectivity index is 1.87. The zero-order chi connectivity index (χ0) is 18.8. The minimum absolute atomic E-state index is 0.212. The topological polar surface area (TPSA) is 41.5 Å². The first-order chi connectivity index (χ1) is 12.6. The summed E-state index contributed by atoms with van der Waals surface area (Å²) in [5.41, 5.74) is 7.93. The number of amides is 1. The summed E-state index contributed by atoms with van der Waals surface area (Å²) in [5, 5.41) is 4.00. The fraction of sp³-hybridized carbons (Fsp3) is 0.217. The van der Waals surface area contributed by atoms with E-state index in [1.54, 1.807) is 6.21 Å². The number of benzene rings is 2. The summed E-state index contributed by atoms with van der Waals surface area (Å²) in [7, 11) is 0. The maximum atomic E-state index is 12.1. The van der Waals surface area contributed by atoms with Crippen LogP contribution in [0.25, 0.3) is 11.1 Å². The summed E-state index contributed by atoms with van der Waals surface area (Å²) in [5.74, 6) is -0.212. The van der Waals surface area contributed by atoms with Crippen LogP contribution in [-0.2, 0) is 0 Å². The molecule has 2 aromatic rings. The van der Waals surface area contributed by atoms with Gasteiger partial charge in [0.1, 0.15) is 0 Å². The molecule has 26 heavy (non-hydrogen) atoms. The van der Waals surface area contributed by atoms with Gasteiger partial charge in [-0.2, -0.15) is 5.10 Å². The third-order valence-corrected chi connectivity index (χ3v) is 3.95. The summed E-state index contributed by atoms with van der Waals surface area (Å²) in [6.45, 7) is 6.26. The molecule has 0 saturated heterocycles. The lowest BCUT2D eigenvalue weighted by Gasteiger charge is -2.03. The molecule has 1 N–H and O–H groups in total. The first kappa shape index (κ1) is 19.4. The van der Waals surface area contributed by atoms with Gasteiger partial charge >= 0.3 is 0 Å². The number of carbonyl (C=O) groups excluding carboxylic acids is 1. The Morgan fingerprint density at radius 1 is 0.962 bits per heavy atom. The fourth-order valence-electron chi connectivity index (χ4n) is 2.44. The number of hydrogen-bond acceptors (Lipinski definition) is 2. The van der Waals surface area contributed by atoms with Crippen LogP contribution < -0.4 is 5.43 Å². The predicted octanol–water partition coefficient (Wildman–Crippen LogP) is 5.76. The van der Waals surface area contributed by atoms with E-state index in [9.17, 15) is 4.79 Å². The minimum Gasteiger partial charge on any atom is -0.267 e. The van der Waals surface area contributed by atoms with E-state index in [0.29, 0.717) is 5.56 Å². The number of nitrogens with one attached hydrogen (secondary N) is 1. The first-order valence-corrected chi connectivity index (χ1v) is 8.84. The number of hydrazone groups is 1. The lowest BCUT2D eigenvalue weighted by Crippen LogP contribution is -2.17. The van der Waals surface area contributed by atoms with Gasteiger partial charge in [-0.25, -0.2) is 5.43 Å². The van der Waals surface area contributed by atoms with Crippen LogP contribution in [0.5, 0.6) is 0 Å². The van der Waals surface area contributed by atoms with Crippen LogP contribution >= 0.6 is 0 Å². The fourth-order valence-corrected chi connectivity index (χ4v) is 2.44. The lowest BCUT2D eigenvalue weighted by atomic mass is 10.0. The van der Waals surface area contributed by atoms with Crippen molar-refractivity contribution in [3.8, 4) is 11.1 Å². The predicted molar refractivity (Wildman–Crippen MR) is 110 cm³/mol. The van der Waals surface area contributed by atoms with E-state index in [0.717, 1.165) is 24.0 Å². The van der Waals surface area contributed by atoms with E-state index in [1.807, 2.05) is 60.7 Å². The largest absolute Gasteiger partial charge is 0.271 e. The third-order valence-electron chi connectivity index (χ3n) is 3.95. The molecule has 2 rings (SSSR count). The van der Waals surface area contributed by atoms with Gasteiger partial charge in [-0.3, -0.25) is 4.79 Å². The molecule has 0 aliphatic heterocycles. The average molecular weight is 346 g/mol. The van der Waals surface area contributed by atoms with Gasteiger partial charge in [0.2, 0.25) is 0 Å². The molecule has 0 aromatic heterocycles. The molecule has 3 heteroatoms. The molecule has 0 aliphatic rings. The molecular formula is C23H26N2O. The van der Waals surface area contributed by atoms with Gasteiger partial charge < -0.3 is 0 Å². The third kappa shape index (κ3) is 6.52. The SMILES string of the molecule is CC(C)=CCC/C(C)=C/C=NNC(=O)c1ccc(-c2ccccc2)cc1. The molecule has 0 bridgehead atoms. The van der Waals surface area contributed by atoms with Crippen LogP contribution in [0.15, 0.2) is 83.0 Å². The smallest absolute Gasteiger partial charge is 0.267 e. The molecule has 0 heterocycles. The Bertz CT molecular complexity index is 796. The molecule has 134 valence electrons. The van der Waals surface area contributed by atoms with E-state index in [4.69, 9.17) is 0 Å². The van der Waals surface area contributed by atoms with Crippen LogP contribution in [-0.4, -0.2) is 12.1 Å². The number of rotatable bonds is 7. The molecule has 0 spiro atoms. The molecule has 0 aliphatic carbocycles. The van der Waals surface area contributed by atoms with Gasteiger partial charge in [-0.1, -0.05) is 59.7 Å². The van der Waals surface area contributed by atoms with Crippen molar-refractivity contribution < 1.29 is 4.79 Å². The molecule has 0 fully saturated rings. The monoisotopic (exact) mass is 346 g/mol. The van der Waals surface area contributed by atoms with E-state index < -0.39 is 0 Å². The van der Waals surface area contributed by atoms with Gasteiger partial charge in [0.15, 0.2) is 0 Å². The van der Waals surface area contributed by atoms with Crippen LogP contribution in [0, 0.1) is 0 Å². The van der Waals surface area contributed by atoms with Crippen molar-refractivity contribution in [3.63, 3.8) is 0 Å². The zero-order valence-electron chi connectivity index (χ0n) is 15.7. The summed E-state index contributed by atoms with van der Waals surface area (Å²) in [6.07, 6.45) is 7.80. The van der Waals surface area contributed by atoms with Gasteiger partial charge in [-0.05, 0) is 62.9 Å². The zero-order valence-corrected chi connectivity index (χ0v) is 15.7. The van der Waals surface area contributed by atoms with Crippen molar-refractivity contribution in [2.45, 2.75) is 33.6 Å². The average Bonchev–Trinajstić information content (AvgIpc) is 2.65. The van der Waals surface area contributed by atoms with Gasteiger partial charge in [0, 0.05) is 11.8 Å². The standard InChI is InChI=1S/C23H26N2O/c1-18(2)8-7-9-19(3)16-17-24-25-23(26)22-14-12-21(13-15-22)20-10-5-4-6-11-20/h4-6,8,10-17H,7,9H2,1-3H3,(H,25,26)/b19-16+,24-17?. The first-order valence-electron chi connectivity index (χ1n) is 8.84. The highest BCUT2D eigenvalue weighted by Crippen LogP contribution is 2.19. The Morgan fingerprint density at radius 2 is 1.62 bits per heavy atom. The Morgan fingerprint density at radius 3 is 2.27 bits per heavy atom. The minimum atomic E-state index is -0.212. The lowest BCUT2D eigenvalue weighted by molar-refractivity contribution is 0.0955. The van der Waals surface area contributed by atoms with Crippen molar-refractivity contribution in [1.29, 1.82) is 0 Å².